The molecule has 27 heavy (non-hydrogen) atoms. The topological polar surface area (TPSA) is 92.3 Å². The Morgan fingerprint density at radius 3 is 2.78 bits per heavy atom. The molecule has 1 aromatic carbocycles. The van der Waals surface area contributed by atoms with Crippen LogP contribution in [0.4, 0.5) is 22.2 Å². The highest BCUT2D eigenvalue weighted by Crippen LogP contribution is 2.21. The molecule has 144 valence electrons. The number of carbonyl (C=O) groups is 1. The van der Waals surface area contributed by atoms with Crippen LogP contribution in [0.3, 0.4) is 0 Å². The zero-order valence-corrected chi connectivity index (χ0v) is 16.0. The SMILES string of the molecule is CCOC(=O)N1CCC(Nc2nncc(Nc3ccc(C)cc3C)n2)CC1. The van der Waals surface area contributed by atoms with Gasteiger partial charge < -0.3 is 20.3 Å². The average Bonchev–Trinajstić information content (AvgIpc) is 2.65. The van der Waals surface area contributed by atoms with E-state index in [1.54, 1.807) is 11.1 Å². The molecule has 0 radical (unpaired) electrons. The number of benzene rings is 1. The monoisotopic (exact) mass is 370 g/mol. The first-order valence-corrected chi connectivity index (χ1v) is 9.27. The number of aromatic nitrogens is 3. The number of amides is 1. The molecule has 1 aromatic heterocycles. The molecule has 0 saturated carbocycles. The summed E-state index contributed by atoms with van der Waals surface area (Å²) in [6.07, 6.45) is 3.00. The summed E-state index contributed by atoms with van der Waals surface area (Å²) in [5.74, 6) is 1.13. The summed E-state index contributed by atoms with van der Waals surface area (Å²) in [6.45, 7) is 7.65. The van der Waals surface area contributed by atoms with E-state index in [1.807, 2.05) is 13.0 Å². The molecule has 8 heteroatoms. The lowest BCUT2D eigenvalue weighted by molar-refractivity contribution is 0.0983. The second kappa shape index (κ2) is 8.66. The zero-order chi connectivity index (χ0) is 19.2. The molecule has 0 aliphatic carbocycles. The maximum absolute atomic E-state index is 11.8. The van der Waals surface area contributed by atoms with E-state index in [0.29, 0.717) is 31.5 Å². The van der Waals surface area contributed by atoms with Gasteiger partial charge >= 0.3 is 6.09 Å². The van der Waals surface area contributed by atoms with Crippen LogP contribution in [-0.4, -0.2) is 51.9 Å². The van der Waals surface area contributed by atoms with Gasteiger partial charge in [-0.15, -0.1) is 5.10 Å². The molecule has 0 atom stereocenters. The standard InChI is InChI=1S/C19H26N6O2/c1-4-27-19(26)25-9-7-15(8-10-25)21-18-23-17(12-20-24-18)22-16-6-5-13(2)11-14(16)3/h5-6,11-12,15H,4,7-10H2,1-3H3,(H2,21,22,23,24). The van der Waals surface area contributed by atoms with Gasteiger partial charge in [-0.3, -0.25) is 0 Å². The quantitative estimate of drug-likeness (QED) is 0.834. The van der Waals surface area contributed by atoms with E-state index < -0.39 is 0 Å². The fourth-order valence-corrected chi connectivity index (χ4v) is 3.12. The molecule has 1 aliphatic rings. The van der Waals surface area contributed by atoms with E-state index in [-0.39, 0.29) is 12.1 Å². The summed E-state index contributed by atoms with van der Waals surface area (Å²) in [7, 11) is 0. The Morgan fingerprint density at radius 2 is 2.07 bits per heavy atom. The number of hydrogen-bond donors (Lipinski definition) is 2. The van der Waals surface area contributed by atoms with E-state index in [0.717, 1.165) is 24.1 Å². The van der Waals surface area contributed by atoms with Crippen LogP contribution < -0.4 is 10.6 Å². The van der Waals surface area contributed by atoms with Gasteiger partial charge in [0, 0.05) is 24.8 Å². The number of anilines is 3. The highest BCUT2D eigenvalue weighted by atomic mass is 16.6. The third kappa shape index (κ3) is 5.06. The van der Waals surface area contributed by atoms with Crippen LogP contribution >= 0.6 is 0 Å². The molecule has 0 unspecified atom stereocenters. The Kier molecular flexibility index (Phi) is 6.05. The first kappa shape index (κ1) is 18.9. The Labute approximate surface area is 159 Å². The number of likely N-dealkylation sites (tertiary alicyclic amines) is 1. The maximum Gasteiger partial charge on any atom is 0.409 e. The Morgan fingerprint density at radius 1 is 1.30 bits per heavy atom. The van der Waals surface area contributed by atoms with E-state index in [2.05, 4.69) is 51.8 Å². The molecule has 0 bridgehead atoms. The van der Waals surface area contributed by atoms with Crippen molar-refractivity contribution in [2.75, 3.05) is 30.3 Å². The zero-order valence-electron chi connectivity index (χ0n) is 16.0. The van der Waals surface area contributed by atoms with E-state index >= 15 is 0 Å². The molecule has 0 spiro atoms. The third-order valence-electron chi connectivity index (χ3n) is 4.56. The smallest absolute Gasteiger partial charge is 0.409 e. The van der Waals surface area contributed by atoms with Crippen molar-refractivity contribution in [1.29, 1.82) is 0 Å². The predicted octanol–water partition coefficient (Wildman–Crippen LogP) is 3.26. The number of aryl methyl sites for hydroxylation is 2. The molecule has 3 rings (SSSR count). The molecular formula is C19H26N6O2. The second-order valence-corrected chi connectivity index (χ2v) is 6.71. The van der Waals surface area contributed by atoms with Crippen LogP contribution in [0.2, 0.25) is 0 Å². The van der Waals surface area contributed by atoms with E-state index in [1.165, 1.54) is 5.56 Å². The fourth-order valence-electron chi connectivity index (χ4n) is 3.12. The summed E-state index contributed by atoms with van der Waals surface area (Å²) >= 11 is 0. The van der Waals surface area contributed by atoms with Crippen LogP contribution in [0.1, 0.15) is 30.9 Å². The molecular weight excluding hydrogens is 344 g/mol. The van der Waals surface area contributed by atoms with Crippen LogP contribution in [0.25, 0.3) is 0 Å². The van der Waals surface area contributed by atoms with Crippen LogP contribution in [0, 0.1) is 13.8 Å². The van der Waals surface area contributed by atoms with Gasteiger partial charge in [-0.25, -0.2) is 4.79 Å². The van der Waals surface area contributed by atoms with Crippen molar-refractivity contribution < 1.29 is 9.53 Å². The van der Waals surface area contributed by atoms with Gasteiger partial charge in [0.15, 0.2) is 5.82 Å². The highest BCUT2D eigenvalue weighted by Gasteiger charge is 2.24. The molecule has 1 saturated heterocycles. The van der Waals surface area contributed by atoms with Crippen molar-refractivity contribution in [3.05, 3.63) is 35.5 Å². The van der Waals surface area contributed by atoms with Crippen molar-refractivity contribution in [1.82, 2.24) is 20.1 Å². The number of ether oxygens (including phenoxy) is 1. The lowest BCUT2D eigenvalue weighted by atomic mass is 10.1. The minimum atomic E-state index is -0.242. The number of hydrogen-bond acceptors (Lipinski definition) is 7. The summed E-state index contributed by atoms with van der Waals surface area (Å²) < 4.78 is 5.05. The van der Waals surface area contributed by atoms with Gasteiger partial charge in [-0.1, -0.05) is 17.7 Å². The Bertz CT molecular complexity index is 790. The second-order valence-electron chi connectivity index (χ2n) is 6.71. The van der Waals surface area contributed by atoms with Crippen molar-refractivity contribution in [3.8, 4) is 0 Å². The minimum absolute atomic E-state index is 0.203. The van der Waals surface area contributed by atoms with E-state index in [4.69, 9.17) is 4.74 Å². The van der Waals surface area contributed by atoms with Crippen molar-refractivity contribution in [3.63, 3.8) is 0 Å². The van der Waals surface area contributed by atoms with Crippen LogP contribution in [-0.2, 0) is 4.74 Å². The first-order valence-electron chi connectivity index (χ1n) is 9.27. The largest absolute Gasteiger partial charge is 0.450 e. The molecule has 8 nitrogen and oxygen atoms in total. The molecule has 1 fully saturated rings. The number of rotatable bonds is 5. The highest BCUT2D eigenvalue weighted by molar-refractivity contribution is 5.67. The first-order chi connectivity index (χ1) is 13.0. The lowest BCUT2D eigenvalue weighted by Gasteiger charge is -2.31. The summed E-state index contributed by atoms with van der Waals surface area (Å²) in [5.41, 5.74) is 3.36. The van der Waals surface area contributed by atoms with Gasteiger partial charge in [0.1, 0.15) is 0 Å². The van der Waals surface area contributed by atoms with Crippen molar-refractivity contribution in [2.45, 2.75) is 39.7 Å². The Hall–Kier alpha value is -2.90. The van der Waals surface area contributed by atoms with E-state index in [9.17, 15) is 4.79 Å². The number of carbonyl (C=O) groups excluding carboxylic acids is 1. The lowest BCUT2D eigenvalue weighted by Crippen LogP contribution is -2.42. The van der Waals surface area contributed by atoms with Crippen molar-refractivity contribution in [2.24, 2.45) is 0 Å². The minimum Gasteiger partial charge on any atom is -0.450 e. The van der Waals surface area contributed by atoms with Crippen molar-refractivity contribution >= 4 is 23.5 Å². The molecule has 2 aromatic rings. The van der Waals surface area contributed by atoms with Gasteiger partial charge in [0.25, 0.3) is 0 Å². The summed E-state index contributed by atoms with van der Waals surface area (Å²) in [5, 5.41) is 14.7. The molecule has 2 N–H and O–H groups in total. The summed E-state index contributed by atoms with van der Waals surface area (Å²) in [6, 6.07) is 6.41. The fraction of sp³-hybridized carbons (Fsp3) is 0.474. The normalized spacial score (nSPS) is 14.7. The van der Waals surface area contributed by atoms with Gasteiger partial charge in [-0.2, -0.15) is 10.1 Å². The average molecular weight is 370 g/mol. The van der Waals surface area contributed by atoms with Crippen LogP contribution in [0.15, 0.2) is 24.4 Å². The third-order valence-corrected chi connectivity index (χ3v) is 4.56. The number of nitrogens with one attached hydrogen (secondary N) is 2. The number of nitrogens with zero attached hydrogens (tertiary/aromatic N) is 4. The van der Waals surface area contributed by atoms with Gasteiger partial charge in [-0.05, 0) is 45.2 Å². The predicted molar refractivity (Wildman–Crippen MR) is 104 cm³/mol. The number of piperidine rings is 1. The molecule has 2 heterocycles. The Balaban J connectivity index is 1.57. The van der Waals surface area contributed by atoms with Gasteiger partial charge in [0.2, 0.25) is 5.95 Å². The summed E-state index contributed by atoms with van der Waals surface area (Å²) in [4.78, 5) is 18.0. The van der Waals surface area contributed by atoms with Gasteiger partial charge in [0.05, 0.1) is 12.8 Å². The van der Waals surface area contributed by atoms with Crippen LogP contribution in [0.5, 0.6) is 0 Å². The molecule has 1 amide bonds. The maximum atomic E-state index is 11.8. The molecule has 1 aliphatic heterocycles.